The van der Waals surface area contributed by atoms with E-state index in [4.69, 9.17) is 0 Å². The van der Waals surface area contributed by atoms with Crippen LogP contribution in [-0.2, 0) is 6.42 Å². The Labute approximate surface area is 141 Å². The van der Waals surface area contributed by atoms with Gasteiger partial charge in [0.1, 0.15) is 5.82 Å². The van der Waals surface area contributed by atoms with Gasteiger partial charge in [-0.3, -0.25) is 0 Å². The predicted molar refractivity (Wildman–Crippen MR) is 97.8 cm³/mol. The average molecular weight is 324 g/mol. The highest BCUT2D eigenvalue weighted by molar-refractivity contribution is 7.15. The van der Waals surface area contributed by atoms with Gasteiger partial charge < -0.3 is 0 Å². The standard InChI is InChI=1S/C21H21FS/c1-14(2)17-5-4-15(3)18(12-17)13-20-10-11-21(23-20)16-6-8-19(22)9-7-16/h4-12,14H,13H2,1-3H3. The first-order valence-electron chi connectivity index (χ1n) is 7.97. The number of thiophene rings is 1. The largest absolute Gasteiger partial charge is 0.207 e. The van der Waals surface area contributed by atoms with Gasteiger partial charge in [0, 0.05) is 16.2 Å². The fourth-order valence-corrected chi connectivity index (χ4v) is 3.71. The quantitative estimate of drug-likeness (QED) is 0.508. The molecule has 0 atom stereocenters. The molecular weight excluding hydrogens is 303 g/mol. The third-order valence-corrected chi connectivity index (χ3v) is 5.33. The second kappa shape index (κ2) is 6.67. The first-order chi connectivity index (χ1) is 11.0. The van der Waals surface area contributed by atoms with Crippen LogP contribution in [0.15, 0.2) is 54.6 Å². The Morgan fingerprint density at radius 1 is 0.957 bits per heavy atom. The monoisotopic (exact) mass is 324 g/mol. The fourth-order valence-electron chi connectivity index (χ4n) is 2.67. The Morgan fingerprint density at radius 2 is 1.70 bits per heavy atom. The van der Waals surface area contributed by atoms with Crippen LogP contribution in [0.4, 0.5) is 4.39 Å². The highest BCUT2D eigenvalue weighted by atomic mass is 32.1. The van der Waals surface area contributed by atoms with Gasteiger partial charge in [-0.25, -0.2) is 4.39 Å². The smallest absolute Gasteiger partial charge is 0.123 e. The Balaban J connectivity index is 1.84. The summed E-state index contributed by atoms with van der Waals surface area (Å²) in [6.45, 7) is 6.63. The Bertz CT molecular complexity index is 797. The minimum atomic E-state index is -0.188. The lowest BCUT2D eigenvalue weighted by Crippen LogP contribution is -1.94. The lowest BCUT2D eigenvalue weighted by molar-refractivity contribution is 0.628. The van der Waals surface area contributed by atoms with Crippen LogP contribution >= 0.6 is 11.3 Å². The topological polar surface area (TPSA) is 0 Å². The zero-order chi connectivity index (χ0) is 16.4. The van der Waals surface area contributed by atoms with Crippen molar-refractivity contribution in [2.24, 2.45) is 0 Å². The van der Waals surface area contributed by atoms with Crippen LogP contribution in [0, 0.1) is 12.7 Å². The number of benzene rings is 2. The van der Waals surface area contributed by atoms with E-state index in [0.717, 1.165) is 12.0 Å². The van der Waals surface area contributed by atoms with E-state index in [0.29, 0.717) is 5.92 Å². The van der Waals surface area contributed by atoms with E-state index in [1.54, 1.807) is 11.3 Å². The van der Waals surface area contributed by atoms with Crippen LogP contribution in [0.3, 0.4) is 0 Å². The van der Waals surface area contributed by atoms with Gasteiger partial charge in [-0.1, -0.05) is 44.2 Å². The average Bonchev–Trinajstić information content (AvgIpc) is 2.98. The number of aryl methyl sites for hydroxylation is 1. The molecule has 0 unspecified atom stereocenters. The van der Waals surface area contributed by atoms with Gasteiger partial charge in [0.25, 0.3) is 0 Å². The molecule has 0 aliphatic carbocycles. The molecule has 0 saturated heterocycles. The molecule has 1 heterocycles. The minimum Gasteiger partial charge on any atom is -0.207 e. The van der Waals surface area contributed by atoms with Crippen molar-refractivity contribution in [2.75, 3.05) is 0 Å². The number of halogens is 1. The molecule has 0 N–H and O–H groups in total. The highest BCUT2D eigenvalue weighted by Gasteiger charge is 2.08. The zero-order valence-corrected chi connectivity index (χ0v) is 14.6. The number of hydrogen-bond acceptors (Lipinski definition) is 1. The van der Waals surface area contributed by atoms with Crippen LogP contribution in [-0.4, -0.2) is 0 Å². The molecular formula is C21H21FS. The first-order valence-corrected chi connectivity index (χ1v) is 8.78. The molecule has 0 fully saturated rings. The van der Waals surface area contributed by atoms with E-state index in [-0.39, 0.29) is 5.82 Å². The third-order valence-electron chi connectivity index (χ3n) is 4.19. The van der Waals surface area contributed by atoms with Crippen molar-refractivity contribution < 1.29 is 4.39 Å². The Morgan fingerprint density at radius 3 is 2.39 bits per heavy atom. The summed E-state index contributed by atoms with van der Waals surface area (Å²) in [6.07, 6.45) is 0.957. The molecule has 118 valence electrons. The summed E-state index contributed by atoms with van der Waals surface area (Å²) < 4.78 is 13.0. The molecule has 0 saturated carbocycles. The van der Waals surface area contributed by atoms with Crippen LogP contribution in [0.25, 0.3) is 10.4 Å². The number of hydrogen-bond donors (Lipinski definition) is 0. The van der Waals surface area contributed by atoms with Crippen LogP contribution in [0.2, 0.25) is 0 Å². The maximum absolute atomic E-state index is 13.0. The fraction of sp³-hybridized carbons (Fsp3) is 0.238. The molecule has 0 amide bonds. The second-order valence-corrected chi connectivity index (χ2v) is 7.46. The summed E-state index contributed by atoms with van der Waals surface area (Å²) in [7, 11) is 0. The molecule has 0 spiro atoms. The van der Waals surface area contributed by atoms with Gasteiger partial charge in [0.05, 0.1) is 0 Å². The van der Waals surface area contributed by atoms with Crippen molar-refractivity contribution in [3.63, 3.8) is 0 Å². The highest BCUT2D eigenvalue weighted by Crippen LogP contribution is 2.30. The van der Waals surface area contributed by atoms with E-state index in [9.17, 15) is 4.39 Å². The van der Waals surface area contributed by atoms with Crippen LogP contribution in [0.1, 0.15) is 41.3 Å². The van der Waals surface area contributed by atoms with Gasteiger partial charge >= 0.3 is 0 Å². The van der Waals surface area contributed by atoms with Crippen LogP contribution < -0.4 is 0 Å². The second-order valence-electron chi connectivity index (χ2n) is 6.29. The van der Waals surface area contributed by atoms with Crippen LogP contribution in [0.5, 0.6) is 0 Å². The summed E-state index contributed by atoms with van der Waals surface area (Å²) >= 11 is 1.79. The lowest BCUT2D eigenvalue weighted by Gasteiger charge is -2.10. The van der Waals surface area contributed by atoms with Crippen molar-refractivity contribution in [3.05, 3.63) is 82.0 Å². The maximum atomic E-state index is 13.0. The molecule has 2 heteroatoms. The number of rotatable bonds is 4. The van der Waals surface area contributed by atoms with Gasteiger partial charge in [0.2, 0.25) is 0 Å². The summed E-state index contributed by atoms with van der Waals surface area (Å²) in [5.74, 6) is 0.360. The molecule has 0 bridgehead atoms. The van der Waals surface area contributed by atoms with Gasteiger partial charge in [0.15, 0.2) is 0 Å². The minimum absolute atomic E-state index is 0.188. The van der Waals surface area contributed by atoms with E-state index in [1.165, 1.54) is 38.6 Å². The maximum Gasteiger partial charge on any atom is 0.123 e. The molecule has 1 aromatic heterocycles. The van der Waals surface area contributed by atoms with Crippen molar-refractivity contribution >= 4 is 11.3 Å². The van der Waals surface area contributed by atoms with Gasteiger partial charge in [-0.05, 0) is 59.4 Å². The van der Waals surface area contributed by atoms with E-state index in [2.05, 4.69) is 51.1 Å². The molecule has 0 radical (unpaired) electrons. The summed E-state index contributed by atoms with van der Waals surface area (Å²) in [5.41, 5.74) is 5.20. The first kappa shape index (κ1) is 15.9. The van der Waals surface area contributed by atoms with Crippen molar-refractivity contribution in [1.82, 2.24) is 0 Å². The molecule has 3 rings (SSSR count). The summed E-state index contributed by atoms with van der Waals surface area (Å²) in [5, 5.41) is 0. The SMILES string of the molecule is Cc1ccc(C(C)C)cc1Cc1ccc(-c2ccc(F)cc2)s1. The molecule has 3 aromatic rings. The van der Waals surface area contributed by atoms with E-state index < -0.39 is 0 Å². The zero-order valence-electron chi connectivity index (χ0n) is 13.8. The molecule has 0 nitrogen and oxygen atoms in total. The third kappa shape index (κ3) is 3.70. The van der Waals surface area contributed by atoms with Crippen molar-refractivity contribution in [2.45, 2.75) is 33.1 Å². The van der Waals surface area contributed by atoms with Gasteiger partial charge in [-0.15, -0.1) is 11.3 Å². The normalized spacial score (nSPS) is 11.2. The Hall–Kier alpha value is -1.93. The molecule has 0 aliphatic heterocycles. The lowest BCUT2D eigenvalue weighted by atomic mass is 9.96. The van der Waals surface area contributed by atoms with Crippen molar-refractivity contribution in [3.8, 4) is 10.4 Å². The molecule has 0 aliphatic rings. The summed E-state index contributed by atoms with van der Waals surface area (Å²) in [4.78, 5) is 2.53. The molecule has 2 aromatic carbocycles. The summed E-state index contributed by atoms with van der Waals surface area (Å²) in [6, 6.07) is 17.8. The van der Waals surface area contributed by atoms with E-state index in [1.807, 2.05) is 12.1 Å². The Kier molecular flexibility index (Phi) is 4.63. The van der Waals surface area contributed by atoms with Gasteiger partial charge in [-0.2, -0.15) is 0 Å². The van der Waals surface area contributed by atoms with E-state index >= 15 is 0 Å². The van der Waals surface area contributed by atoms with Crippen molar-refractivity contribution in [1.29, 1.82) is 0 Å². The predicted octanol–water partition coefficient (Wildman–Crippen LogP) is 6.58. The molecule has 23 heavy (non-hydrogen) atoms.